The minimum Gasteiger partial charge on any atom is -0.395 e. The summed E-state index contributed by atoms with van der Waals surface area (Å²) in [6, 6.07) is 0. The summed E-state index contributed by atoms with van der Waals surface area (Å²) in [6.07, 6.45) is 14.4. The Bertz CT molecular complexity index is 118. The van der Waals surface area contributed by atoms with E-state index in [-0.39, 0.29) is 13.2 Å². The highest BCUT2D eigenvalue weighted by Crippen LogP contribution is 2.09. The molecule has 0 rings (SSSR count). The molecule has 3 nitrogen and oxygen atoms in total. The molecule has 0 fully saturated rings. The molecule has 0 atom stereocenters. The van der Waals surface area contributed by atoms with Crippen LogP contribution in [0.5, 0.6) is 0 Å². The fourth-order valence-corrected chi connectivity index (χ4v) is 1.84. The summed E-state index contributed by atoms with van der Waals surface area (Å²) >= 11 is 0. The lowest BCUT2D eigenvalue weighted by atomic mass is 10.1. The highest BCUT2D eigenvalue weighted by Gasteiger charge is 1.90. The van der Waals surface area contributed by atoms with Crippen molar-refractivity contribution >= 4 is 0 Å². The Hall–Kier alpha value is -0.120. The van der Waals surface area contributed by atoms with Crippen molar-refractivity contribution in [3.63, 3.8) is 0 Å². The van der Waals surface area contributed by atoms with Crippen molar-refractivity contribution < 1.29 is 10.2 Å². The molecule has 0 aliphatic heterocycles. The molecule has 0 radical (unpaired) electrons. The Balaban J connectivity index is 0. The van der Waals surface area contributed by atoms with Gasteiger partial charge in [0.1, 0.15) is 0 Å². The van der Waals surface area contributed by atoms with Crippen LogP contribution in [0.2, 0.25) is 0 Å². The van der Waals surface area contributed by atoms with Crippen LogP contribution in [-0.4, -0.2) is 36.5 Å². The van der Waals surface area contributed by atoms with Crippen LogP contribution in [0, 0.1) is 0 Å². The third kappa shape index (κ3) is 27.2. The fourth-order valence-electron chi connectivity index (χ4n) is 1.84. The first kappa shape index (κ1) is 21.2. The molecule has 0 aliphatic carbocycles. The van der Waals surface area contributed by atoms with Crippen molar-refractivity contribution in [2.75, 3.05) is 26.3 Å². The maximum atomic E-state index is 8.15. The second kappa shape index (κ2) is 23.0. The Kier molecular flexibility index (Phi) is 25.7. The normalized spacial score (nSPS) is 10.1. The zero-order valence-corrected chi connectivity index (χ0v) is 13.3. The van der Waals surface area contributed by atoms with Gasteiger partial charge in [0.05, 0.1) is 13.2 Å². The SMILES string of the molecule is CCCCCCCCCCCC.OCCNCCO. The van der Waals surface area contributed by atoms with Crippen LogP contribution < -0.4 is 5.32 Å². The Morgan fingerprint density at radius 1 is 0.579 bits per heavy atom. The average Bonchev–Trinajstić information content (AvgIpc) is 2.43. The van der Waals surface area contributed by atoms with Gasteiger partial charge in [-0.25, -0.2) is 0 Å². The van der Waals surface area contributed by atoms with E-state index in [1.165, 1.54) is 64.2 Å². The predicted molar refractivity (Wildman–Crippen MR) is 84.6 cm³/mol. The molecule has 0 aromatic heterocycles. The molecule has 0 spiro atoms. The van der Waals surface area contributed by atoms with Crippen LogP contribution in [0.1, 0.15) is 78.1 Å². The van der Waals surface area contributed by atoms with Gasteiger partial charge in [0.2, 0.25) is 0 Å². The Morgan fingerprint density at radius 2 is 0.895 bits per heavy atom. The summed E-state index contributed by atoms with van der Waals surface area (Å²) in [5, 5.41) is 19.1. The van der Waals surface area contributed by atoms with Crippen molar-refractivity contribution in [3.8, 4) is 0 Å². The summed E-state index contributed by atoms with van der Waals surface area (Å²) in [7, 11) is 0. The molecule has 0 amide bonds. The van der Waals surface area contributed by atoms with Crippen LogP contribution >= 0.6 is 0 Å². The summed E-state index contributed by atoms with van der Waals surface area (Å²) in [5.41, 5.74) is 0. The van der Waals surface area contributed by atoms with Crippen LogP contribution in [0.3, 0.4) is 0 Å². The summed E-state index contributed by atoms with van der Waals surface area (Å²) < 4.78 is 0. The van der Waals surface area contributed by atoms with Gasteiger partial charge in [-0.3, -0.25) is 0 Å². The van der Waals surface area contributed by atoms with E-state index < -0.39 is 0 Å². The van der Waals surface area contributed by atoms with Crippen molar-refractivity contribution in [1.29, 1.82) is 0 Å². The molecule has 0 heterocycles. The summed E-state index contributed by atoms with van der Waals surface area (Å²) in [4.78, 5) is 0. The standard InChI is InChI=1S/C12H26.C4H11NO2/c1-3-5-7-9-11-12-10-8-6-4-2;6-3-1-5-2-4-7/h3-12H2,1-2H3;5-7H,1-4H2. The second-order valence-corrected chi connectivity index (χ2v) is 5.03. The van der Waals surface area contributed by atoms with E-state index in [1.807, 2.05) is 0 Å². The second-order valence-electron chi connectivity index (χ2n) is 5.03. The molecule has 118 valence electrons. The van der Waals surface area contributed by atoms with Gasteiger partial charge >= 0.3 is 0 Å². The molecule has 0 aromatic rings. The molecule has 0 aliphatic rings. The quantitative estimate of drug-likeness (QED) is 0.451. The van der Waals surface area contributed by atoms with E-state index >= 15 is 0 Å². The lowest BCUT2D eigenvalue weighted by Crippen LogP contribution is -2.21. The molecular formula is C16H37NO2. The lowest BCUT2D eigenvalue weighted by Gasteiger charge is -1.99. The minimum atomic E-state index is 0.139. The Labute approximate surface area is 120 Å². The number of aliphatic hydroxyl groups is 2. The van der Waals surface area contributed by atoms with Crippen molar-refractivity contribution in [3.05, 3.63) is 0 Å². The minimum absolute atomic E-state index is 0.139. The maximum Gasteiger partial charge on any atom is 0.0555 e. The number of unbranched alkanes of at least 4 members (excludes halogenated alkanes) is 9. The monoisotopic (exact) mass is 275 g/mol. The zero-order chi connectivity index (χ0) is 14.6. The molecule has 3 heteroatoms. The average molecular weight is 275 g/mol. The van der Waals surface area contributed by atoms with E-state index in [2.05, 4.69) is 19.2 Å². The van der Waals surface area contributed by atoms with Gasteiger partial charge in [0.25, 0.3) is 0 Å². The number of nitrogens with one attached hydrogen (secondary N) is 1. The first-order chi connectivity index (χ1) is 9.33. The maximum absolute atomic E-state index is 8.15. The molecule has 3 N–H and O–H groups in total. The van der Waals surface area contributed by atoms with Gasteiger partial charge in [-0.2, -0.15) is 0 Å². The first-order valence-corrected chi connectivity index (χ1v) is 8.25. The first-order valence-electron chi connectivity index (χ1n) is 8.25. The van der Waals surface area contributed by atoms with E-state index in [1.54, 1.807) is 0 Å². The van der Waals surface area contributed by atoms with Crippen LogP contribution in [-0.2, 0) is 0 Å². The number of aliphatic hydroxyl groups excluding tert-OH is 2. The number of rotatable bonds is 13. The molecule has 0 unspecified atom stereocenters. The third-order valence-corrected chi connectivity index (χ3v) is 3.03. The van der Waals surface area contributed by atoms with Gasteiger partial charge in [-0.05, 0) is 0 Å². The van der Waals surface area contributed by atoms with E-state index in [9.17, 15) is 0 Å². The van der Waals surface area contributed by atoms with E-state index in [0.717, 1.165) is 0 Å². The smallest absolute Gasteiger partial charge is 0.0555 e. The van der Waals surface area contributed by atoms with Crippen LogP contribution in [0.15, 0.2) is 0 Å². The van der Waals surface area contributed by atoms with Gasteiger partial charge in [-0.15, -0.1) is 0 Å². The molecule has 0 saturated carbocycles. The van der Waals surface area contributed by atoms with Crippen molar-refractivity contribution in [1.82, 2.24) is 5.32 Å². The van der Waals surface area contributed by atoms with E-state index in [4.69, 9.17) is 10.2 Å². The van der Waals surface area contributed by atoms with Crippen molar-refractivity contribution in [2.24, 2.45) is 0 Å². The van der Waals surface area contributed by atoms with E-state index in [0.29, 0.717) is 13.1 Å². The van der Waals surface area contributed by atoms with Crippen LogP contribution in [0.25, 0.3) is 0 Å². The summed E-state index contributed by atoms with van der Waals surface area (Å²) in [6.45, 7) is 5.98. The predicted octanol–water partition coefficient (Wildman–Crippen LogP) is 3.49. The highest BCUT2D eigenvalue weighted by molar-refractivity contribution is 4.45. The Morgan fingerprint density at radius 3 is 1.16 bits per heavy atom. The van der Waals surface area contributed by atoms with Gasteiger partial charge < -0.3 is 15.5 Å². The summed E-state index contributed by atoms with van der Waals surface area (Å²) in [5.74, 6) is 0. The van der Waals surface area contributed by atoms with Gasteiger partial charge in [0, 0.05) is 13.1 Å². The number of hydrogen-bond donors (Lipinski definition) is 3. The zero-order valence-electron chi connectivity index (χ0n) is 13.3. The van der Waals surface area contributed by atoms with Gasteiger partial charge in [-0.1, -0.05) is 78.1 Å². The van der Waals surface area contributed by atoms with Gasteiger partial charge in [0.15, 0.2) is 0 Å². The fraction of sp³-hybridized carbons (Fsp3) is 1.00. The largest absolute Gasteiger partial charge is 0.395 e. The molecular weight excluding hydrogens is 238 g/mol. The number of hydrogen-bond acceptors (Lipinski definition) is 3. The third-order valence-electron chi connectivity index (χ3n) is 3.03. The molecule has 0 bridgehead atoms. The molecule has 0 saturated heterocycles. The van der Waals surface area contributed by atoms with Crippen LogP contribution in [0.4, 0.5) is 0 Å². The topological polar surface area (TPSA) is 52.5 Å². The molecule has 0 aromatic carbocycles. The van der Waals surface area contributed by atoms with Crippen molar-refractivity contribution in [2.45, 2.75) is 78.1 Å². The highest BCUT2D eigenvalue weighted by atomic mass is 16.3. The lowest BCUT2D eigenvalue weighted by molar-refractivity contribution is 0.267. The molecule has 19 heavy (non-hydrogen) atoms.